The maximum absolute atomic E-state index is 6.33. The van der Waals surface area contributed by atoms with Crippen molar-refractivity contribution in [1.82, 2.24) is 0 Å². The van der Waals surface area contributed by atoms with Crippen LogP contribution in [0.1, 0.15) is 54.8 Å². The molecule has 0 heterocycles. The molecule has 0 aliphatic heterocycles. The zero-order valence-electron chi connectivity index (χ0n) is 9.91. The molecule has 0 saturated heterocycles. The Hall–Kier alpha value is -0.820. The van der Waals surface area contributed by atoms with Crippen molar-refractivity contribution in [3.05, 3.63) is 34.9 Å². The van der Waals surface area contributed by atoms with Crippen molar-refractivity contribution >= 4 is 0 Å². The van der Waals surface area contributed by atoms with Crippen LogP contribution in [0.15, 0.2) is 18.2 Å². The Morgan fingerprint density at radius 3 is 2.44 bits per heavy atom. The molecule has 1 aromatic rings. The van der Waals surface area contributed by atoms with E-state index in [0.29, 0.717) is 6.04 Å². The number of nitrogens with two attached hydrogens (primary N) is 1. The van der Waals surface area contributed by atoms with Crippen LogP contribution >= 0.6 is 0 Å². The van der Waals surface area contributed by atoms with E-state index in [0.717, 1.165) is 5.92 Å². The van der Waals surface area contributed by atoms with Crippen LogP contribution in [-0.2, 0) is 12.8 Å². The molecule has 0 spiro atoms. The van der Waals surface area contributed by atoms with Crippen LogP contribution in [0.5, 0.6) is 0 Å². The molecule has 1 unspecified atom stereocenters. The van der Waals surface area contributed by atoms with Crippen molar-refractivity contribution in [2.75, 3.05) is 0 Å². The van der Waals surface area contributed by atoms with Gasteiger partial charge in [-0.1, -0.05) is 24.6 Å². The summed E-state index contributed by atoms with van der Waals surface area (Å²) in [5, 5.41) is 0. The second-order valence-electron chi connectivity index (χ2n) is 5.45. The SMILES string of the molecule is NC(c1ccc2c(c1)CCCC2)C1CCC1. The molecule has 1 fully saturated rings. The van der Waals surface area contributed by atoms with E-state index in [9.17, 15) is 0 Å². The predicted molar refractivity (Wildman–Crippen MR) is 67.4 cm³/mol. The van der Waals surface area contributed by atoms with E-state index >= 15 is 0 Å². The maximum Gasteiger partial charge on any atom is 0.0323 e. The van der Waals surface area contributed by atoms with E-state index in [4.69, 9.17) is 5.73 Å². The fourth-order valence-electron chi connectivity index (χ4n) is 3.03. The highest BCUT2D eigenvalue weighted by atomic mass is 14.7. The van der Waals surface area contributed by atoms with Crippen molar-refractivity contribution < 1.29 is 0 Å². The molecule has 0 aromatic heterocycles. The van der Waals surface area contributed by atoms with E-state index in [1.54, 1.807) is 11.1 Å². The molecule has 1 saturated carbocycles. The summed E-state index contributed by atoms with van der Waals surface area (Å²) in [6.07, 6.45) is 9.30. The molecule has 2 N–H and O–H groups in total. The summed E-state index contributed by atoms with van der Waals surface area (Å²) in [6, 6.07) is 7.27. The van der Waals surface area contributed by atoms with E-state index in [-0.39, 0.29) is 0 Å². The molecule has 0 bridgehead atoms. The Bertz CT molecular complexity index is 379. The standard InChI is InChI=1S/C15H21N/c16-15(12-6-3-7-12)14-9-8-11-4-1-2-5-13(11)10-14/h8-10,12,15H,1-7,16H2. The van der Waals surface area contributed by atoms with Gasteiger partial charge in [0, 0.05) is 6.04 Å². The van der Waals surface area contributed by atoms with Gasteiger partial charge in [0.1, 0.15) is 0 Å². The average molecular weight is 215 g/mol. The lowest BCUT2D eigenvalue weighted by molar-refractivity contribution is 0.264. The number of hydrogen-bond donors (Lipinski definition) is 1. The first-order valence-corrected chi connectivity index (χ1v) is 6.72. The first-order valence-electron chi connectivity index (χ1n) is 6.72. The summed E-state index contributed by atoms with van der Waals surface area (Å²) in [5.74, 6) is 0.752. The lowest BCUT2D eigenvalue weighted by Crippen LogP contribution is -2.27. The minimum atomic E-state index is 0.293. The molecule has 3 rings (SSSR count). The molecule has 1 aromatic carbocycles. The summed E-state index contributed by atoms with van der Waals surface area (Å²) in [4.78, 5) is 0. The number of aryl methyl sites for hydroxylation is 2. The second kappa shape index (κ2) is 4.21. The van der Waals surface area contributed by atoms with Crippen molar-refractivity contribution in [3.63, 3.8) is 0 Å². The minimum Gasteiger partial charge on any atom is -0.324 e. The average Bonchev–Trinajstić information content (AvgIpc) is 2.26. The molecule has 86 valence electrons. The largest absolute Gasteiger partial charge is 0.324 e. The fourth-order valence-corrected chi connectivity index (χ4v) is 3.03. The van der Waals surface area contributed by atoms with Gasteiger partial charge in [-0.3, -0.25) is 0 Å². The van der Waals surface area contributed by atoms with E-state index < -0.39 is 0 Å². The van der Waals surface area contributed by atoms with Crippen LogP contribution in [0, 0.1) is 5.92 Å². The van der Waals surface area contributed by atoms with Crippen molar-refractivity contribution in [1.29, 1.82) is 0 Å². The Kier molecular flexibility index (Phi) is 2.72. The van der Waals surface area contributed by atoms with Gasteiger partial charge in [0.15, 0.2) is 0 Å². The van der Waals surface area contributed by atoms with Crippen molar-refractivity contribution in [2.24, 2.45) is 11.7 Å². The Balaban J connectivity index is 1.84. The van der Waals surface area contributed by atoms with Crippen LogP contribution in [0.3, 0.4) is 0 Å². The summed E-state index contributed by atoms with van der Waals surface area (Å²) in [7, 11) is 0. The number of fused-ring (bicyclic) bond motifs is 1. The third-order valence-corrected chi connectivity index (χ3v) is 4.42. The van der Waals surface area contributed by atoms with Gasteiger partial charge >= 0.3 is 0 Å². The quantitative estimate of drug-likeness (QED) is 0.804. The Labute approximate surface area is 98.0 Å². The van der Waals surface area contributed by atoms with E-state index in [1.165, 1.54) is 50.5 Å². The van der Waals surface area contributed by atoms with Gasteiger partial charge in [-0.25, -0.2) is 0 Å². The van der Waals surface area contributed by atoms with Gasteiger partial charge in [-0.2, -0.15) is 0 Å². The van der Waals surface area contributed by atoms with Crippen LogP contribution in [0.25, 0.3) is 0 Å². The Morgan fingerprint density at radius 2 is 1.75 bits per heavy atom. The summed E-state index contributed by atoms with van der Waals surface area (Å²) in [6.45, 7) is 0. The summed E-state index contributed by atoms with van der Waals surface area (Å²) in [5.41, 5.74) is 10.8. The monoisotopic (exact) mass is 215 g/mol. The molecule has 1 atom stereocenters. The topological polar surface area (TPSA) is 26.0 Å². The first kappa shape index (κ1) is 10.3. The van der Waals surface area contributed by atoms with Crippen LogP contribution in [0.4, 0.5) is 0 Å². The maximum atomic E-state index is 6.33. The van der Waals surface area contributed by atoms with Crippen LogP contribution in [-0.4, -0.2) is 0 Å². The van der Waals surface area contributed by atoms with Crippen LogP contribution < -0.4 is 5.73 Å². The molecule has 1 nitrogen and oxygen atoms in total. The molecule has 2 aliphatic carbocycles. The zero-order valence-corrected chi connectivity index (χ0v) is 9.91. The van der Waals surface area contributed by atoms with Crippen LogP contribution in [0.2, 0.25) is 0 Å². The molecular formula is C15H21N. The van der Waals surface area contributed by atoms with Gasteiger partial charge in [0.2, 0.25) is 0 Å². The lowest BCUT2D eigenvalue weighted by atomic mass is 9.77. The molecule has 0 amide bonds. The van der Waals surface area contributed by atoms with Crippen molar-refractivity contribution in [3.8, 4) is 0 Å². The van der Waals surface area contributed by atoms with Gasteiger partial charge in [0.05, 0.1) is 0 Å². The van der Waals surface area contributed by atoms with Gasteiger partial charge in [-0.15, -0.1) is 0 Å². The second-order valence-corrected chi connectivity index (χ2v) is 5.45. The fraction of sp³-hybridized carbons (Fsp3) is 0.600. The zero-order chi connectivity index (χ0) is 11.0. The number of hydrogen-bond acceptors (Lipinski definition) is 1. The third kappa shape index (κ3) is 1.78. The third-order valence-electron chi connectivity index (χ3n) is 4.42. The van der Waals surface area contributed by atoms with Gasteiger partial charge in [0.25, 0.3) is 0 Å². The highest BCUT2D eigenvalue weighted by molar-refractivity contribution is 5.35. The molecule has 16 heavy (non-hydrogen) atoms. The lowest BCUT2D eigenvalue weighted by Gasteiger charge is -2.32. The summed E-state index contributed by atoms with van der Waals surface area (Å²) >= 11 is 0. The summed E-state index contributed by atoms with van der Waals surface area (Å²) < 4.78 is 0. The molecule has 0 radical (unpaired) electrons. The number of benzene rings is 1. The van der Waals surface area contributed by atoms with E-state index in [1.807, 2.05) is 0 Å². The number of rotatable bonds is 2. The van der Waals surface area contributed by atoms with Gasteiger partial charge < -0.3 is 5.73 Å². The molecule has 2 aliphatic rings. The first-order chi connectivity index (χ1) is 7.84. The molecular weight excluding hydrogens is 194 g/mol. The highest BCUT2D eigenvalue weighted by Gasteiger charge is 2.26. The Morgan fingerprint density at radius 1 is 1.00 bits per heavy atom. The van der Waals surface area contributed by atoms with Crippen molar-refractivity contribution in [2.45, 2.75) is 51.0 Å². The smallest absolute Gasteiger partial charge is 0.0323 e. The normalized spacial score (nSPS) is 22.3. The van der Waals surface area contributed by atoms with E-state index in [2.05, 4.69) is 18.2 Å². The highest BCUT2D eigenvalue weighted by Crippen LogP contribution is 2.37. The minimum absolute atomic E-state index is 0.293. The predicted octanol–water partition coefficient (Wildman–Crippen LogP) is 3.37. The molecule has 1 heteroatoms. The van der Waals surface area contributed by atoms with Gasteiger partial charge in [-0.05, 0) is 61.1 Å².